The zero-order valence-electron chi connectivity index (χ0n) is 9.45. The Morgan fingerprint density at radius 2 is 1.83 bits per heavy atom. The van der Waals surface area contributed by atoms with Crippen LogP contribution in [0.15, 0.2) is 24.4 Å². The fourth-order valence-corrected chi connectivity index (χ4v) is 2.40. The third kappa shape index (κ3) is 2.53. The predicted molar refractivity (Wildman–Crippen MR) is 72.8 cm³/mol. The van der Waals surface area contributed by atoms with E-state index in [9.17, 15) is 4.79 Å². The summed E-state index contributed by atoms with van der Waals surface area (Å²) in [4.78, 5) is 12.3. The van der Waals surface area contributed by atoms with Gasteiger partial charge in [-0.1, -0.05) is 34.8 Å². The second-order valence-corrected chi connectivity index (χ2v) is 4.92. The number of hydrogen-bond donors (Lipinski definition) is 0. The van der Waals surface area contributed by atoms with E-state index in [1.807, 2.05) is 6.92 Å². The highest BCUT2D eigenvalue weighted by molar-refractivity contribution is 6.36. The van der Waals surface area contributed by atoms with Crippen LogP contribution in [0.4, 0.5) is 0 Å². The minimum atomic E-state index is -0.247. The highest BCUT2D eigenvalue weighted by atomic mass is 35.5. The van der Waals surface area contributed by atoms with Crippen molar-refractivity contribution in [3.05, 3.63) is 50.7 Å². The smallest absolute Gasteiger partial charge is 0.212 e. The molecular weight excluding hydrogens is 295 g/mol. The largest absolute Gasteiger partial charge is 0.287 e. The maximum absolute atomic E-state index is 12.3. The third-order valence-electron chi connectivity index (χ3n) is 2.43. The van der Waals surface area contributed by atoms with Crippen molar-refractivity contribution in [1.29, 1.82) is 0 Å². The maximum atomic E-state index is 12.3. The summed E-state index contributed by atoms with van der Waals surface area (Å²) < 4.78 is 1.54. The number of halogens is 3. The van der Waals surface area contributed by atoms with Crippen molar-refractivity contribution in [1.82, 2.24) is 9.78 Å². The Bertz CT molecular complexity index is 587. The van der Waals surface area contributed by atoms with Crippen LogP contribution in [0.3, 0.4) is 0 Å². The lowest BCUT2D eigenvalue weighted by molar-refractivity contribution is 0.102. The molecule has 94 valence electrons. The molecule has 0 aliphatic rings. The number of ketones is 1. The molecule has 0 fully saturated rings. The molecule has 2 rings (SSSR count). The summed E-state index contributed by atoms with van der Waals surface area (Å²) in [5.41, 5.74) is 0.738. The Balaban J connectivity index is 2.50. The molecule has 3 nitrogen and oxygen atoms in total. The molecule has 0 bridgehead atoms. The average Bonchev–Trinajstić information content (AvgIpc) is 2.68. The lowest BCUT2D eigenvalue weighted by Crippen LogP contribution is -2.11. The van der Waals surface area contributed by atoms with Gasteiger partial charge in [0.15, 0.2) is 0 Å². The van der Waals surface area contributed by atoms with E-state index in [2.05, 4.69) is 5.10 Å². The molecule has 0 aliphatic heterocycles. The SMILES string of the molecule is CCn1ncc(Cl)c1C(=O)c1cc(Cl)cc(Cl)c1. The topological polar surface area (TPSA) is 34.9 Å². The molecular formula is C12H9Cl3N2O. The number of nitrogens with zero attached hydrogens (tertiary/aromatic N) is 2. The van der Waals surface area contributed by atoms with Crippen LogP contribution in [0.1, 0.15) is 23.0 Å². The van der Waals surface area contributed by atoms with Crippen molar-refractivity contribution >= 4 is 40.6 Å². The highest BCUT2D eigenvalue weighted by Gasteiger charge is 2.19. The number of aromatic nitrogens is 2. The van der Waals surface area contributed by atoms with Crippen molar-refractivity contribution in [3.63, 3.8) is 0 Å². The molecule has 0 saturated heterocycles. The molecule has 0 aliphatic carbocycles. The fourth-order valence-electron chi connectivity index (χ4n) is 1.65. The summed E-state index contributed by atoms with van der Waals surface area (Å²) in [7, 11) is 0. The van der Waals surface area contributed by atoms with Gasteiger partial charge in [-0.3, -0.25) is 9.48 Å². The summed E-state index contributed by atoms with van der Waals surface area (Å²) in [5, 5.41) is 5.16. The molecule has 1 aromatic heterocycles. The first kappa shape index (κ1) is 13.4. The molecule has 0 amide bonds. The summed E-state index contributed by atoms with van der Waals surface area (Å²) >= 11 is 17.7. The van der Waals surface area contributed by atoms with Crippen molar-refractivity contribution in [2.24, 2.45) is 0 Å². The molecule has 0 unspecified atom stereocenters. The first-order chi connectivity index (χ1) is 8.52. The van der Waals surface area contributed by atoms with Crippen LogP contribution in [0.25, 0.3) is 0 Å². The molecule has 1 heterocycles. The maximum Gasteiger partial charge on any atom is 0.212 e. The predicted octanol–water partition coefficient (Wildman–Crippen LogP) is 4.09. The fraction of sp³-hybridized carbons (Fsp3) is 0.167. The van der Waals surface area contributed by atoms with Crippen LogP contribution >= 0.6 is 34.8 Å². The number of carbonyl (C=O) groups is 1. The van der Waals surface area contributed by atoms with Gasteiger partial charge in [-0.25, -0.2) is 0 Å². The van der Waals surface area contributed by atoms with E-state index < -0.39 is 0 Å². The van der Waals surface area contributed by atoms with Gasteiger partial charge in [0.05, 0.1) is 11.2 Å². The number of rotatable bonds is 3. The first-order valence-electron chi connectivity index (χ1n) is 5.25. The summed E-state index contributed by atoms with van der Waals surface area (Å²) in [5.74, 6) is -0.247. The number of benzene rings is 1. The molecule has 18 heavy (non-hydrogen) atoms. The van der Waals surface area contributed by atoms with Crippen molar-refractivity contribution in [2.45, 2.75) is 13.5 Å². The van der Waals surface area contributed by atoms with Crippen LogP contribution in [-0.2, 0) is 6.54 Å². The summed E-state index contributed by atoms with van der Waals surface area (Å²) in [6.45, 7) is 2.44. The molecule has 0 atom stereocenters. The monoisotopic (exact) mass is 302 g/mol. The molecule has 0 N–H and O–H groups in total. The Hall–Kier alpha value is -1.03. The minimum absolute atomic E-state index is 0.247. The van der Waals surface area contributed by atoms with E-state index in [0.29, 0.717) is 32.9 Å². The quantitative estimate of drug-likeness (QED) is 0.800. The lowest BCUT2D eigenvalue weighted by Gasteiger charge is -2.05. The zero-order valence-corrected chi connectivity index (χ0v) is 11.7. The Labute approximate surface area is 119 Å². The van der Waals surface area contributed by atoms with E-state index >= 15 is 0 Å². The van der Waals surface area contributed by atoms with Gasteiger partial charge in [0.25, 0.3) is 0 Å². The molecule has 1 aromatic carbocycles. The van der Waals surface area contributed by atoms with Gasteiger partial charge in [0.2, 0.25) is 5.78 Å². The second kappa shape index (κ2) is 5.31. The van der Waals surface area contributed by atoms with Crippen molar-refractivity contribution in [2.75, 3.05) is 0 Å². The van der Waals surface area contributed by atoms with Crippen LogP contribution in [0.2, 0.25) is 15.1 Å². The summed E-state index contributed by atoms with van der Waals surface area (Å²) in [6.07, 6.45) is 1.45. The van der Waals surface area contributed by atoms with E-state index in [1.165, 1.54) is 6.20 Å². The molecule has 0 radical (unpaired) electrons. The van der Waals surface area contributed by atoms with E-state index in [-0.39, 0.29) is 5.78 Å². The van der Waals surface area contributed by atoms with E-state index in [4.69, 9.17) is 34.8 Å². The van der Waals surface area contributed by atoms with Gasteiger partial charge < -0.3 is 0 Å². The van der Waals surface area contributed by atoms with Crippen molar-refractivity contribution < 1.29 is 4.79 Å². The van der Waals surface area contributed by atoms with Crippen LogP contribution in [-0.4, -0.2) is 15.6 Å². The second-order valence-electron chi connectivity index (χ2n) is 3.64. The van der Waals surface area contributed by atoms with Crippen molar-refractivity contribution in [3.8, 4) is 0 Å². The standard InChI is InChI=1S/C12H9Cl3N2O/c1-2-17-11(10(15)6-16-17)12(18)7-3-8(13)5-9(14)4-7/h3-6H,2H2,1H3. The molecule has 0 saturated carbocycles. The Kier molecular flexibility index (Phi) is 3.95. The lowest BCUT2D eigenvalue weighted by atomic mass is 10.1. The van der Waals surface area contributed by atoms with Gasteiger partial charge in [0, 0.05) is 22.2 Å². The molecule has 2 aromatic rings. The minimum Gasteiger partial charge on any atom is -0.287 e. The third-order valence-corrected chi connectivity index (χ3v) is 3.15. The Morgan fingerprint density at radius 3 is 2.39 bits per heavy atom. The zero-order chi connectivity index (χ0) is 13.3. The van der Waals surface area contributed by atoms with Gasteiger partial charge in [-0.2, -0.15) is 5.10 Å². The first-order valence-corrected chi connectivity index (χ1v) is 6.38. The summed E-state index contributed by atoms with van der Waals surface area (Å²) in [6, 6.07) is 4.68. The number of hydrogen-bond acceptors (Lipinski definition) is 2. The van der Waals surface area contributed by atoms with E-state index in [1.54, 1.807) is 22.9 Å². The van der Waals surface area contributed by atoms with Crippen LogP contribution in [0, 0.1) is 0 Å². The molecule has 0 spiro atoms. The highest BCUT2D eigenvalue weighted by Crippen LogP contribution is 2.24. The Morgan fingerprint density at radius 1 is 1.22 bits per heavy atom. The van der Waals surface area contributed by atoms with Gasteiger partial charge in [-0.15, -0.1) is 0 Å². The average molecular weight is 304 g/mol. The van der Waals surface area contributed by atoms with Gasteiger partial charge in [0.1, 0.15) is 5.69 Å². The van der Waals surface area contributed by atoms with Crippen LogP contribution < -0.4 is 0 Å². The van der Waals surface area contributed by atoms with Gasteiger partial charge in [-0.05, 0) is 25.1 Å². The van der Waals surface area contributed by atoms with Gasteiger partial charge >= 0.3 is 0 Å². The van der Waals surface area contributed by atoms with E-state index in [0.717, 1.165) is 0 Å². The normalized spacial score (nSPS) is 10.7. The number of aryl methyl sites for hydroxylation is 1. The van der Waals surface area contributed by atoms with Crippen LogP contribution in [0.5, 0.6) is 0 Å². The number of carbonyl (C=O) groups excluding carboxylic acids is 1. The molecule has 6 heteroatoms.